The number of aromatic amines is 1. The highest BCUT2D eigenvalue weighted by Crippen LogP contribution is 2.25. The molecule has 0 fully saturated rings. The molecule has 2 rings (SSSR count). The Morgan fingerprint density at radius 1 is 1.17 bits per heavy atom. The van der Waals surface area contributed by atoms with Crippen molar-refractivity contribution >= 4 is 0 Å². The molecule has 0 saturated carbocycles. The molecule has 1 heterocycles. The van der Waals surface area contributed by atoms with Crippen LogP contribution in [0.1, 0.15) is 30.5 Å². The molecule has 5 heteroatoms. The van der Waals surface area contributed by atoms with Crippen molar-refractivity contribution in [2.24, 2.45) is 0 Å². The van der Waals surface area contributed by atoms with Crippen LogP contribution in [0.4, 0.5) is 0 Å². The van der Waals surface area contributed by atoms with Crippen molar-refractivity contribution in [2.45, 2.75) is 40.7 Å². The summed E-state index contributed by atoms with van der Waals surface area (Å²) in [7, 11) is 0. The zero-order valence-electron chi connectivity index (χ0n) is 14.0. The molecule has 2 aromatic rings. The van der Waals surface area contributed by atoms with E-state index in [4.69, 9.17) is 4.74 Å². The molecule has 0 unspecified atom stereocenters. The van der Waals surface area contributed by atoms with Gasteiger partial charge in [0.2, 0.25) is 5.88 Å². The van der Waals surface area contributed by atoms with Gasteiger partial charge in [0.1, 0.15) is 5.75 Å². The molecule has 0 aliphatic rings. The highest BCUT2D eigenvalue weighted by atomic mass is 16.5. The summed E-state index contributed by atoms with van der Waals surface area (Å²) in [4.78, 5) is 26.6. The first kappa shape index (κ1) is 16.8. The predicted octanol–water partition coefficient (Wildman–Crippen LogP) is 3.08. The second kappa shape index (κ2) is 7.13. The minimum atomic E-state index is -0.468. The molecule has 0 saturated heterocycles. The molecule has 122 valence electrons. The fourth-order valence-corrected chi connectivity index (χ4v) is 2.50. The van der Waals surface area contributed by atoms with Crippen molar-refractivity contribution < 1.29 is 4.74 Å². The molecule has 0 radical (unpaired) electrons. The molecule has 0 amide bonds. The van der Waals surface area contributed by atoms with Crippen molar-refractivity contribution in [1.82, 2.24) is 9.55 Å². The molecule has 0 bridgehead atoms. The van der Waals surface area contributed by atoms with E-state index in [2.05, 4.69) is 4.98 Å². The lowest BCUT2D eigenvalue weighted by atomic mass is 10.1. The maximum atomic E-state index is 12.2. The predicted molar refractivity (Wildman–Crippen MR) is 91.5 cm³/mol. The summed E-state index contributed by atoms with van der Waals surface area (Å²) in [6.07, 6.45) is 4.17. The van der Waals surface area contributed by atoms with E-state index in [0.717, 1.165) is 11.1 Å². The number of nitrogens with zero attached hydrogens (tertiary/aromatic N) is 1. The molecule has 0 spiro atoms. The van der Waals surface area contributed by atoms with Gasteiger partial charge in [-0.15, -0.1) is 0 Å². The van der Waals surface area contributed by atoms with E-state index < -0.39 is 11.2 Å². The molecular formula is C18H22N2O3. The largest absolute Gasteiger partial charge is 0.440 e. The van der Waals surface area contributed by atoms with Gasteiger partial charge in [-0.1, -0.05) is 25.1 Å². The molecular weight excluding hydrogens is 292 g/mol. The van der Waals surface area contributed by atoms with Crippen LogP contribution in [-0.2, 0) is 13.0 Å². The molecule has 1 N–H and O–H groups in total. The summed E-state index contributed by atoms with van der Waals surface area (Å²) in [5.41, 5.74) is 1.72. The first-order chi connectivity index (χ1) is 11.0. The van der Waals surface area contributed by atoms with Gasteiger partial charge in [0.05, 0.1) is 5.56 Å². The van der Waals surface area contributed by atoms with Crippen LogP contribution in [0.2, 0.25) is 0 Å². The van der Waals surface area contributed by atoms with Crippen LogP contribution in [0.25, 0.3) is 0 Å². The Morgan fingerprint density at radius 2 is 1.83 bits per heavy atom. The van der Waals surface area contributed by atoms with Gasteiger partial charge in [-0.3, -0.25) is 14.3 Å². The molecule has 23 heavy (non-hydrogen) atoms. The van der Waals surface area contributed by atoms with Gasteiger partial charge in [-0.05, 0) is 50.5 Å². The number of hydrogen-bond donors (Lipinski definition) is 1. The summed E-state index contributed by atoms with van der Waals surface area (Å²) in [5, 5.41) is 0. The molecule has 1 aromatic carbocycles. The normalized spacial score (nSPS) is 11.1. The maximum absolute atomic E-state index is 12.2. The van der Waals surface area contributed by atoms with Crippen molar-refractivity contribution in [1.29, 1.82) is 0 Å². The van der Waals surface area contributed by atoms with Crippen molar-refractivity contribution in [3.05, 3.63) is 67.9 Å². The Labute approximate surface area is 135 Å². The number of nitrogens with one attached hydrogen (secondary N) is 1. The van der Waals surface area contributed by atoms with Gasteiger partial charge in [-0.25, -0.2) is 4.79 Å². The van der Waals surface area contributed by atoms with Crippen LogP contribution < -0.4 is 16.0 Å². The minimum Gasteiger partial charge on any atom is -0.440 e. The van der Waals surface area contributed by atoms with E-state index in [1.165, 1.54) is 4.57 Å². The average Bonchev–Trinajstić information content (AvgIpc) is 2.46. The summed E-state index contributed by atoms with van der Waals surface area (Å²) in [6, 6.07) is 5.81. The first-order valence-electron chi connectivity index (χ1n) is 7.69. The fraction of sp³-hybridized carbons (Fsp3) is 0.333. The number of hydrogen-bond acceptors (Lipinski definition) is 3. The SMILES string of the molecule is C/C=C/Cn1c(Oc2cc(C)cc(C)c2)c(CC)c(=O)[nH]c1=O. The summed E-state index contributed by atoms with van der Waals surface area (Å²) < 4.78 is 7.40. The Hall–Kier alpha value is -2.56. The number of aryl methyl sites for hydroxylation is 2. The van der Waals surface area contributed by atoms with E-state index in [9.17, 15) is 9.59 Å². The Balaban J connectivity index is 2.62. The first-order valence-corrected chi connectivity index (χ1v) is 7.69. The van der Waals surface area contributed by atoms with E-state index >= 15 is 0 Å². The van der Waals surface area contributed by atoms with Gasteiger partial charge in [0, 0.05) is 6.54 Å². The van der Waals surface area contributed by atoms with E-state index in [0.29, 0.717) is 30.2 Å². The Kier molecular flexibility index (Phi) is 5.21. The van der Waals surface area contributed by atoms with Gasteiger partial charge in [0.25, 0.3) is 5.56 Å². The zero-order valence-corrected chi connectivity index (χ0v) is 14.0. The molecule has 0 atom stereocenters. The lowest BCUT2D eigenvalue weighted by Crippen LogP contribution is -2.33. The van der Waals surface area contributed by atoms with Gasteiger partial charge in [-0.2, -0.15) is 0 Å². The van der Waals surface area contributed by atoms with Gasteiger partial charge in [0.15, 0.2) is 0 Å². The van der Waals surface area contributed by atoms with Crippen molar-refractivity contribution in [3.63, 3.8) is 0 Å². The summed E-state index contributed by atoms with van der Waals surface area (Å²) in [5.74, 6) is 0.931. The molecule has 5 nitrogen and oxygen atoms in total. The van der Waals surface area contributed by atoms with Crippen LogP contribution in [0.3, 0.4) is 0 Å². The average molecular weight is 314 g/mol. The maximum Gasteiger partial charge on any atom is 0.331 e. The minimum absolute atomic E-state index is 0.310. The summed E-state index contributed by atoms with van der Waals surface area (Å²) in [6.45, 7) is 8.04. The lowest BCUT2D eigenvalue weighted by molar-refractivity contribution is 0.415. The highest BCUT2D eigenvalue weighted by Gasteiger charge is 2.15. The highest BCUT2D eigenvalue weighted by molar-refractivity contribution is 5.37. The Morgan fingerprint density at radius 3 is 2.39 bits per heavy atom. The quantitative estimate of drug-likeness (QED) is 0.863. The molecule has 1 aromatic heterocycles. The van der Waals surface area contributed by atoms with Crippen molar-refractivity contribution in [3.8, 4) is 11.6 Å². The third kappa shape index (κ3) is 3.80. The van der Waals surface area contributed by atoms with Crippen LogP contribution >= 0.6 is 0 Å². The van der Waals surface area contributed by atoms with Crippen LogP contribution in [0, 0.1) is 13.8 Å². The molecule has 0 aliphatic heterocycles. The number of ether oxygens (including phenoxy) is 1. The van der Waals surface area contributed by atoms with Gasteiger partial charge >= 0.3 is 5.69 Å². The number of allylic oxidation sites excluding steroid dienone is 2. The fourth-order valence-electron chi connectivity index (χ4n) is 2.50. The Bertz CT molecular complexity index is 824. The number of rotatable bonds is 5. The third-order valence-electron chi connectivity index (χ3n) is 3.53. The topological polar surface area (TPSA) is 64.1 Å². The number of benzene rings is 1. The lowest BCUT2D eigenvalue weighted by Gasteiger charge is -2.15. The number of H-pyrrole nitrogens is 1. The summed E-state index contributed by atoms with van der Waals surface area (Å²) >= 11 is 0. The molecule has 0 aliphatic carbocycles. The zero-order chi connectivity index (χ0) is 17.0. The van der Waals surface area contributed by atoms with Gasteiger partial charge < -0.3 is 4.74 Å². The van der Waals surface area contributed by atoms with E-state index in [1.54, 1.807) is 0 Å². The van der Waals surface area contributed by atoms with Crippen LogP contribution in [-0.4, -0.2) is 9.55 Å². The van der Waals surface area contributed by atoms with E-state index in [1.807, 2.05) is 58.0 Å². The number of aromatic nitrogens is 2. The monoisotopic (exact) mass is 314 g/mol. The van der Waals surface area contributed by atoms with E-state index in [-0.39, 0.29) is 0 Å². The second-order valence-electron chi connectivity index (χ2n) is 5.50. The third-order valence-corrected chi connectivity index (χ3v) is 3.53. The smallest absolute Gasteiger partial charge is 0.331 e. The second-order valence-corrected chi connectivity index (χ2v) is 5.50. The standard InChI is InChI=1S/C18H22N2O3/c1-5-7-8-20-17(15(6-2)16(21)19-18(20)22)23-14-10-12(3)9-13(4)11-14/h5,7,9-11H,6,8H2,1-4H3,(H,19,21,22)/b7-5+. The van der Waals surface area contributed by atoms with Crippen LogP contribution in [0.15, 0.2) is 39.9 Å². The van der Waals surface area contributed by atoms with Crippen molar-refractivity contribution in [2.75, 3.05) is 0 Å². The van der Waals surface area contributed by atoms with Crippen LogP contribution in [0.5, 0.6) is 11.6 Å².